The van der Waals surface area contributed by atoms with Gasteiger partial charge < -0.3 is 21.1 Å². The fourth-order valence-corrected chi connectivity index (χ4v) is 1.22. The molecule has 0 atom stereocenters. The van der Waals surface area contributed by atoms with Crippen LogP contribution in [-0.4, -0.2) is 18.7 Å². The van der Waals surface area contributed by atoms with Gasteiger partial charge in [0.1, 0.15) is 0 Å². The highest BCUT2D eigenvalue weighted by atomic mass is 16.5. The number of hydrogen-bond donors (Lipinski definition) is 4. The maximum absolute atomic E-state index is 11.0. The standard InChI is InChI=1S/C11H16N4O2/c1-2-17-11(16)14-7-8-3-5-9(6-4-8)15-10(12)13/h3-6H,2,7H2,1H3,(H,14,16)(H4,12,13,15). The van der Waals surface area contributed by atoms with Crippen LogP contribution in [0.5, 0.6) is 0 Å². The minimum atomic E-state index is -0.432. The fraction of sp³-hybridized carbons (Fsp3) is 0.273. The number of benzene rings is 1. The monoisotopic (exact) mass is 236 g/mol. The summed E-state index contributed by atoms with van der Waals surface area (Å²) in [5.41, 5.74) is 6.86. The van der Waals surface area contributed by atoms with E-state index in [4.69, 9.17) is 15.9 Å². The number of alkyl carbamates (subject to hydrolysis) is 1. The van der Waals surface area contributed by atoms with Gasteiger partial charge in [-0.2, -0.15) is 0 Å². The number of ether oxygens (including phenoxy) is 1. The van der Waals surface area contributed by atoms with Crippen molar-refractivity contribution in [1.82, 2.24) is 5.32 Å². The average molecular weight is 236 g/mol. The topological polar surface area (TPSA) is 100 Å². The molecule has 6 nitrogen and oxygen atoms in total. The molecule has 6 heteroatoms. The molecule has 0 bridgehead atoms. The van der Waals surface area contributed by atoms with E-state index >= 15 is 0 Å². The summed E-state index contributed by atoms with van der Waals surface area (Å²) in [6.45, 7) is 2.51. The van der Waals surface area contributed by atoms with E-state index in [-0.39, 0.29) is 5.96 Å². The second-order valence-electron chi connectivity index (χ2n) is 3.31. The highest BCUT2D eigenvalue weighted by Gasteiger charge is 2.00. The molecule has 0 heterocycles. The molecule has 1 aromatic rings. The van der Waals surface area contributed by atoms with Crippen LogP contribution in [0.2, 0.25) is 0 Å². The maximum atomic E-state index is 11.0. The molecule has 0 unspecified atom stereocenters. The molecule has 0 saturated carbocycles. The van der Waals surface area contributed by atoms with Crippen molar-refractivity contribution in [1.29, 1.82) is 5.41 Å². The number of rotatable bonds is 4. The predicted octanol–water partition coefficient (Wildman–Crippen LogP) is 1.24. The fourth-order valence-electron chi connectivity index (χ4n) is 1.22. The average Bonchev–Trinajstić information content (AvgIpc) is 2.28. The van der Waals surface area contributed by atoms with Crippen LogP contribution in [-0.2, 0) is 11.3 Å². The zero-order valence-electron chi connectivity index (χ0n) is 9.62. The van der Waals surface area contributed by atoms with Gasteiger partial charge in [0, 0.05) is 12.2 Å². The van der Waals surface area contributed by atoms with E-state index in [9.17, 15) is 4.79 Å². The number of nitrogens with two attached hydrogens (primary N) is 1. The van der Waals surface area contributed by atoms with E-state index in [2.05, 4.69) is 10.6 Å². The van der Waals surface area contributed by atoms with Crippen molar-refractivity contribution in [2.75, 3.05) is 11.9 Å². The van der Waals surface area contributed by atoms with Crippen molar-refractivity contribution in [3.63, 3.8) is 0 Å². The second kappa shape index (κ2) is 6.37. The summed E-state index contributed by atoms with van der Waals surface area (Å²) in [7, 11) is 0. The molecule has 1 aromatic carbocycles. The van der Waals surface area contributed by atoms with Crippen LogP contribution < -0.4 is 16.4 Å². The summed E-state index contributed by atoms with van der Waals surface area (Å²) in [5, 5.41) is 12.3. The Kier molecular flexibility index (Phi) is 4.80. The van der Waals surface area contributed by atoms with Crippen LogP contribution >= 0.6 is 0 Å². The first-order chi connectivity index (χ1) is 8.11. The summed E-state index contributed by atoms with van der Waals surface area (Å²) in [4.78, 5) is 11.0. The van der Waals surface area contributed by atoms with Gasteiger partial charge in [0.25, 0.3) is 0 Å². The number of anilines is 1. The number of amides is 1. The molecule has 5 N–H and O–H groups in total. The smallest absolute Gasteiger partial charge is 0.407 e. The molecule has 0 aliphatic rings. The van der Waals surface area contributed by atoms with Crippen LogP contribution in [0.25, 0.3) is 0 Å². The van der Waals surface area contributed by atoms with E-state index in [0.29, 0.717) is 13.2 Å². The third-order valence-corrected chi connectivity index (χ3v) is 1.95. The largest absolute Gasteiger partial charge is 0.450 e. The Bertz CT molecular complexity index is 389. The number of carbonyl (C=O) groups is 1. The Morgan fingerprint density at radius 3 is 2.59 bits per heavy atom. The third-order valence-electron chi connectivity index (χ3n) is 1.95. The lowest BCUT2D eigenvalue weighted by Gasteiger charge is -2.07. The van der Waals surface area contributed by atoms with Gasteiger partial charge in [-0.1, -0.05) is 12.1 Å². The Morgan fingerprint density at radius 1 is 1.41 bits per heavy atom. The van der Waals surface area contributed by atoms with Crippen molar-refractivity contribution >= 4 is 17.7 Å². The van der Waals surface area contributed by atoms with Gasteiger partial charge in [0.15, 0.2) is 5.96 Å². The Morgan fingerprint density at radius 2 is 2.06 bits per heavy atom. The first-order valence-electron chi connectivity index (χ1n) is 5.22. The highest BCUT2D eigenvalue weighted by molar-refractivity contribution is 5.89. The molecule has 0 aromatic heterocycles. The number of nitrogens with one attached hydrogen (secondary N) is 3. The summed E-state index contributed by atoms with van der Waals surface area (Å²) in [6.07, 6.45) is -0.432. The molecule has 1 amide bonds. The Hall–Kier alpha value is -2.24. The molecule has 0 spiro atoms. The molecule has 0 aliphatic carbocycles. The van der Waals surface area contributed by atoms with Crippen LogP contribution in [0, 0.1) is 5.41 Å². The molecule has 0 aliphatic heterocycles. The lowest BCUT2D eigenvalue weighted by Crippen LogP contribution is -2.23. The molecule has 1 rings (SSSR count). The van der Waals surface area contributed by atoms with Crippen LogP contribution in [0.4, 0.5) is 10.5 Å². The molecule has 0 saturated heterocycles. The van der Waals surface area contributed by atoms with Crippen molar-refractivity contribution in [2.45, 2.75) is 13.5 Å². The Labute approximate surface area is 99.7 Å². The normalized spacial score (nSPS) is 9.47. The molecule has 0 radical (unpaired) electrons. The zero-order chi connectivity index (χ0) is 12.7. The first kappa shape index (κ1) is 12.8. The molecule has 0 fully saturated rings. The molecular formula is C11H16N4O2. The third kappa shape index (κ3) is 4.87. The lowest BCUT2D eigenvalue weighted by atomic mass is 10.2. The van der Waals surface area contributed by atoms with Gasteiger partial charge in [-0.25, -0.2) is 4.79 Å². The Balaban J connectivity index is 2.45. The lowest BCUT2D eigenvalue weighted by molar-refractivity contribution is 0.151. The van der Waals surface area contributed by atoms with E-state index in [1.54, 1.807) is 19.1 Å². The van der Waals surface area contributed by atoms with Crippen LogP contribution in [0.15, 0.2) is 24.3 Å². The van der Waals surface area contributed by atoms with E-state index in [1.165, 1.54) is 0 Å². The quantitative estimate of drug-likeness (QED) is 0.466. The van der Waals surface area contributed by atoms with E-state index in [1.807, 2.05) is 12.1 Å². The van der Waals surface area contributed by atoms with Gasteiger partial charge in [-0.05, 0) is 24.6 Å². The van der Waals surface area contributed by atoms with Crippen LogP contribution in [0.3, 0.4) is 0 Å². The maximum Gasteiger partial charge on any atom is 0.407 e. The number of hydrogen-bond acceptors (Lipinski definition) is 3. The minimum Gasteiger partial charge on any atom is -0.450 e. The van der Waals surface area contributed by atoms with Gasteiger partial charge >= 0.3 is 6.09 Å². The number of guanidine groups is 1. The van der Waals surface area contributed by atoms with Crippen molar-refractivity contribution in [3.8, 4) is 0 Å². The van der Waals surface area contributed by atoms with Gasteiger partial charge in [0.05, 0.1) is 6.61 Å². The first-order valence-corrected chi connectivity index (χ1v) is 5.22. The zero-order valence-corrected chi connectivity index (χ0v) is 9.62. The summed E-state index contributed by atoms with van der Waals surface area (Å²) >= 11 is 0. The summed E-state index contributed by atoms with van der Waals surface area (Å²) in [5.74, 6) is -0.109. The van der Waals surface area contributed by atoms with Crippen molar-refractivity contribution in [3.05, 3.63) is 29.8 Å². The van der Waals surface area contributed by atoms with Gasteiger partial charge in [-0.15, -0.1) is 0 Å². The SMILES string of the molecule is CCOC(=O)NCc1ccc(NC(=N)N)cc1. The minimum absolute atomic E-state index is 0.109. The molecular weight excluding hydrogens is 220 g/mol. The summed E-state index contributed by atoms with van der Waals surface area (Å²) in [6, 6.07) is 7.22. The van der Waals surface area contributed by atoms with E-state index in [0.717, 1.165) is 11.3 Å². The summed E-state index contributed by atoms with van der Waals surface area (Å²) < 4.78 is 4.73. The predicted molar refractivity (Wildman–Crippen MR) is 65.8 cm³/mol. The van der Waals surface area contributed by atoms with Gasteiger partial charge in [0.2, 0.25) is 0 Å². The number of carbonyl (C=O) groups excluding carboxylic acids is 1. The van der Waals surface area contributed by atoms with Crippen molar-refractivity contribution in [2.24, 2.45) is 5.73 Å². The second-order valence-corrected chi connectivity index (χ2v) is 3.31. The van der Waals surface area contributed by atoms with Crippen molar-refractivity contribution < 1.29 is 9.53 Å². The molecule has 92 valence electrons. The van der Waals surface area contributed by atoms with Crippen LogP contribution in [0.1, 0.15) is 12.5 Å². The highest BCUT2D eigenvalue weighted by Crippen LogP contribution is 2.08. The van der Waals surface area contributed by atoms with E-state index < -0.39 is 6.09 Å². The molecule has 17 heavy (non-hydrogen) atoms. The van der Waals surface area contributed by atoms with Gasteiger partial charge in [-0.3, -0.25) is 5.41 Å².